The molecule has 1 aromatic carbocycles. The maximum atomic E-state index is 11.9. The number of hydrogen-bond acceptors (Lipinski definition) is 5. The smallest absolute Gasteiger partial charge is 0.262 e. The van der Waals surface area contributed by atoms with E-state index in [4.69, 9.17) is 21.7 Å². The summed E-state index contributed by atoms with van der Waals surface area (Å²) in [6.45, 7) is 4.09. The molecule has 0 unspecified atom stereocenters. The van der Waals surface area contributed by atoms with E-state index in [1.165, 1.54) is 10.6 Å². The molecule has 0 fully saturated rings. The molecule has 0 saturated heterocycles. The topological polar surface area (TPSA) is 76.5 Å². The van der Waals surface area contributed by atoms with Crippen LogP contribution in [-0.2, 0) is 6.54 Å². The first-order chi connectivity index (χ1) is 11.6. The quantitative estimate of drug-likeness (QED) is 0.595. The molecule has 7 heteroatoms. The van der Waals surface area contributed by atoms with Gasteiger partial charge in [-0.25, -0.2) is 0 Å². The molecule has 0 aliphatic heterocycles. The van der Waals surface area contributed by atoms with Gasteiger partial charge in [-0.05, 0) is 36.5 Å². The van der Waals surface area contributed by atoms with Crippen molar-refractivity contribution in [3.05, 3.63) is 63.7 Å². The van der Waals surface area contributed by atoms with Crippen molar-refractivity contribution in [2.24, 2.45) is 0 Å². The van der Waals surface area contributed by atoms with Gasteiger partial charge in [-0.15, -0.1) is 6.58 Å². The van der Waals surface area contributed by atoms with E-state index in [0.29, 0.717) is 18.0 Å². The number of aromatic nitrogens is 2. The van der Waals surface area contributed by atoms with Crippen LogP contribution in [0.15, 0.2) is 47.8 Å². The molecule has 0 amide bonds. The number of para-hydroxylation sites is 2. The molecule has 2 rings (SSSR count). The fraction of sp³-hybridized carbons (Fsp3) is 0.176. The van der Waals surface area contributed by atoms with Gasteiger partial charge in [0.2, 0.25) is 5.88 Å². The summed E-state index contributed by atoms with van der Waals surface area (Å²) in [4.78, 5) is 14.5. The second kappa shape index (κ2) is 8.16. The van der Waals surface area contributed by atoms with Crippen molar-refractivity contribution in [3.8, 4) is 17.4 Å². The van der Waals surface area contributed by atoms with Crippen molar-refractivity contribution in [1.82, 2.24) is 9.55 Å². The van der Waals surface area contributed by atoms with Gasteiger partial charge in [-0.2, -0.15) is 0 Å². The molecule has 2 aromatic rings. The Hall–Kier alpha value is -2.80. The normalized spacial score (nSPS) is 10.7. The van der Waals surface area contributed by atoms with Gasteiger partial charge >= 0.3 is 0 Å². The monoisotopic (exact) mass is 346 g/mol. The lowest BCUT2D eigenvalue weighted by molar-refractivity contribution is 0.326. The first kappa shape index (κ1) is 17.6. The number of H-pyrrole nitrogens is 1. The Morgan fingerprint density at radius 1 is 1.38 bits per heavy atom. The second-order valence-corrected chi connectivity index (χ2v) is 5.15. The number of methoxy groups -OCH3 is 1. The number of hydrogen-bond donors (Lipinski definition) is 2. The highest BCUT2D eigenvalue weighted by atomic mass is 32.1. The van der Waals surface area contributed by atoms with Gasteiger partial charge in [0, 0.05) is 6.54 Å². The minimum atomic E-state index is -0.466. The summed E-state index contributed by atoms with van der Waals surface area (Å²) in [6, 6.07) is 7.24. The van der Waals surface area contributed by atoms with E-state index in [1.54, 1.807) is 31.4 Å². The maximum Gasteiger partial charge on any atom is 0.262 e. The van der Waals surface area contributed by atoms with Crippen LogP contribution in [-0.4, -0.2) is 28.4 Å². The molecule has 0 radical (unpaired) electrons. The van der Waals surface area contributed by atoms with Crippen LogP contribution in [0.2, 0.25) is 0 Å². The number of aromatic hydroxyl groups is 1. The van der Waals surface area contributed by atoms with Crippen LogP contribution in [0.5, 0.6) is 17.4 Å². The summed E-state index contributed by atoms with van der Waals surface area (Å²) in [7, 11) is 1.56. The molecular weight excluding hydrogens is 328 g/mol. The highest BCUT2D eigenvalue weighted by Crippen LogP contribution is 2.25. The zero-order valence-electron chi connectivity index (χ0n) is 13.2. The SMILES string of the molecule is C=CCn1c(O)c(C=CCOc2ccccc2OC)c(=O)[nH]c1=S. The van der Waals surface area contributed by atoms with Gasteiger partial charge in [-0.1, -0.05) is 18.2 Å². The Bertz CT molecular complexity index is 868. The molecule has 0 aliphatic carbocycles. The summed E-state index contributed by atoms with van der Waals surface area (Å²) < 4.78 is 12.3. The average molecular weight is 346 g/mol. The van der Waals surface area contributed by atoms with Crippen LogP contribution < -0.4 is 15.0 Å². The molecule has 1 heterocycles. The zero-order chi connectivity index (χ0) is 17.5. The van der Waals surface area contributed by atoms with E-state index >= 15 is 0 Å². The lowest BCUT2D eigenvalue weighted by atomic mass is 10.3. The Morgan fingerprint density at radius 2 is 2.08 bits per heavy atom. The highest BCUT2D eigenvalue weighted by Gasteiger charge is 2.09. The van der Waals surface area contributed by atoms with E-state index in [0.717, 1.165) is 0 Å². The van der Waals surface area contributed by atoms with Gasteiger partial charge in [0.05, 0.1) is 12.7 Å². The lowest BCUT2D eigenvalue weighted by Crippen LogP contribution is -2.16. The first-order valence-electron chi connectivity index (χ1n) is 7.17. The first-order valence-corrected chi connectivity index (χ1v) is 7.58. The minimum absolute atomic E-state index is 0.106. The van der Waals surface area contributed by atoms with Crippen LogP contribution >= 0.6 is 12.2 Å². The largest absolute Gasteiger partial charge is 0.494 e. The molecule has 126 valence electrons. The lowest BCUT2D eigenvalue weighted by Gasteiger charge is -2.09. The third-order valence-corrected chi connectivity index (χ3v) is 3.53. The molecule has 0 bridgehead atoms. The van der Waals surface area contributed by atoms with E-state index in [-0.39, 0.29) is 22.8 Å². The van der Waals surface area contributed by atoms with Gasteiger partial charge in [0.25, 0.3) is 5.56 Å². The Labute approximate surface area is 144 Å². The summed E-state index contributed by atoms with van der Waals surface area (Å²) in [5.41, 5.74) is -0.361. The van der Waals surface area contributed by atoms with Crippen LogP contribution in [0, 0.1) is 4.77 Å². The van der Waals surface area contributed by atoms with E-state index in [1.807, 2.05) is 12.1 Å². The molecule has 0 spiro atoms. The van der Waals surface area contributed by atoms with Crippen molar-refractivity contribution in [2.45, 2.75) is 6.54 Å². The van der Waals surface area contributed by atoms with E-state index in [9.17, 15) is 9.90 Å². The highest BCUT2D eigenvalue weighted by molar-refractivity contribution is 7.71. The van der Waals surface area contributed by atoms with E-state index in [2.05, 4.69) is 11.6 Å². The Balaban J connectivity index is 2.18. The predicted octanol–water partition coefficient (Wildman–Crippen LogP) is 2.90. The van der Waals surface area contributed by atoms with Crippen molar-refractivity contribution in [2.75, 3.05) is 13.7 Å². The Morgan fingerprint density at radius 3 is 2.75 bits per heavy atom. The summed E-state index contributed by atoms with van der Waals surface area (Å²) in [6.07, 6.45) is 4.68. The van der Waals surface area contributed by atoms with Crippen molar-refractivity contribution < 1.29 is 14.6 Å². The molecule has 0 atom stereocenters. The maximum absolute atomic E-state index is 11.9. The van der Waals surface area contributed by atoms with Crippen LogP contribution in [0.4, 0.5) is 0 Å². The van der Waals surface area contributed by atoms with Crippen LogP contribution in [0.3, 0.4) is 0 Å². The van der Waals surface area contributed by atoms with Crippen LogP contribution in [0.25, 0.3) is 6.08 Å². The average Bonchev–Trinajstić information content (AvgIpc) is 2.58. The summed E-state index contributed by atoms with van der Waals surface area (Å²) in [5.74, 6) is 0.994. The van der Waals surface area contributed by atoms with Gasteiger partial charge < -0.3 is 14.6 Å². The standard InChI is InChI=1S/C17H18N2O4S/c1-3-10-19-16(21)12(15(20)18-17(19)24)7-6-11-23-14-9-5-4-8-13(14)22-2/h3-9,21H,1,10-11H2,2H3,(H,18,20,24). The molecule has 6 nitrogen and oxygen atoms in total. The van der Waals surface area contributed by atoms with Crippen molar-refractivity contribution in [1.29, 1.82) is 0 Å². The number of nitrogens with zero attached hydrogens (tertiary/aromatic N) is 1. The number of rotatable bonds is 7. The van der Waals surface area contributed by atoms with E-state index < -0.39 is 5.56 Å². The molecule has 24 heavy (non-hydrogen) atoms. The third-order valence-electron chi connectivity index (χ3n) is 3.21. The molecular formula is C17H18N2O4S. The van der Waals surface area contributed by atoms with Gasteiger partial charge in [-0.3, -0.25) is 14.3 Å². The van der Waals surface area contributed by atoms with Gasteiger partial charge in [0.15, 0.2) is 16.3 Å². The molecule has 0 saturated carbocycles. The number of nitrogens with one attached hydrogen (secondary N) is 1. The van der Waals surface area contributed by atoms with Gasteiger partial charge in [0.1, 0.15) is 6.61 Å². The molecule has 2 N–H and O–H groups in total. The third kappa shape index (κ3) is 3.94. The fourth-order valence-corrected chi connectivity index (χ4v) is 2.32. The molecule has 1 aromatic heterocycles. The molecule has 0 aliphatic rings. The van der Waals surface area contributed by atoms with Crippen molar-refractivity contribution >= 4 is 18.3 Å². The predicted molar refractivity (Wildman–Crippen MR) is 95.3 cm³/mol. The van der Waals surface area contributed by atoms with Crippen molar-refractivity contribution in [3.63, 3.8) is 0 Å². The minimum Gasteiger partial charge on any atom is -0.494 e. The second-order valence-electron chi connectivity index (χ2n) is 4.76. The number of aromatic amines is 1. The number of ether oxygens (including phenoxy) is 2. The summed E-state index contributed by atoms with van der Waals surface area (Å²) in [5, 5.41) is 10.2. The number of allylic oxidation sites excluding steroid dienone is 1. The fourth-order valence-electron chi connectivity index (χ4n) is 2.07. The van der Waals surface area contributed by atoms with Crippen LogP contribution in [0.1, 0.15) is 5.56 Å². The Kier molecular flexibility index (Phi) is 5.97. The summed E-state index contributed by atoms with van der Waals surface area (Å²) >= 11 is 5.02. The zero-order valence-corrected chi connectivity index (χ0v) is 14.0. The number of benzene rings is 1.